The van der Waals surface area contributed by atoms with Gasteiger partial charge in [-0.3, -0.25) is 9.59 Å². The highest BCUT2D eigenvalue weighted by atomic mass is 16.2. The molecule has 0 radical (unpaired) electrons. The first-order valence-corrected chi connectivity index (χ1v) is 7.15. The van der Waals surface area contributed by atoms with Crippen molar-refractivity contribution in [1.29, 1.82) is 0 Å². The van der Waals surface area contributed by atoms with Crippen molar-refractivity contribution < 1.29 is 9.59 Å². The summed E-state index contributed by atoms with van der Waals surface area (Å²) in [6.07, 6.45) is 0.616. The molecule has 2 amide bonds. The summed E-state index contributed by atoms with van der Waals surface area (Å²) in [6.45, 7) is 4.06. The molecule has 0 fully saturated rings. The van der Waals surface area contributed by atoms with Crippen LogP contribution in [0.25, 0.3) is 0 Å². The number of amides is 2. The van der Waals surface area contributed by atoms with Crippen LogP contribution < -0.4 is 10.6 Å². The van der Waals surface area contributed by atoms with Crippen molar-refractivity contribution in [3.8, 4) is 0 Å². The zero-order chi connectivity index (χ0) is 16.0. The van der Waals surface area contributed by atoms with Crippen LogP contribution in [0.5, 0.6) is 0 Å². The monoisotopic (exact) mass is 291 g/mol. The number of nitrogens with one attached hydrogen (secondary N) is 2. The molecule has 0 spiro atoms. The first-order chi connectivity index (χ1) is 9.86. The Morgan fingerprint density at radius 2 is 1.81 bits per heavy atom. The third-order valence-corrected chi connectivity index (χ3v) is 3.19. The van der Waals surface area contributed by atoms with Gasteiger partial charge in [0.15, 0.2) is 0 Å². The van der Waals surface area contributed by atoms with Gasteiger partial charge in [-0.15, -0.1) is 0 Å². The topological polar surface area (TPSA) is 61.4 Å². The van der Waals surface area contributed by atoms with E-state index in [9.17, 15) is 9.59 Å². The molecule has 0 heterocycles. The van der Waals surface area contributed by atoms with E-state index < -0.39 is 6.04 Å². The number of carbonyl (C=O) groups excluding carboxylic acids is 2. The second-order valence-corrected chi connectivity index (χ2v) is 5.68. The number of hydrogen-bond acceptors (Lipinski definition) is 3. The molecule has 0 saturated heterocycles. The molecular formula is C16H25N3O2. The minimum atomic E-state index is -0.502. The molecule has 0 saturated carbocycles. The summed E-state index contributed by atoms with van der Waals surface area (Å²) in [5.74, 6) is -0.00136. The Kier molecular flexibility index (Phi) is 6.21. The lowest BCUT2D eigenvalue weighted by Crippen LogP contribution is -2.47. The lowest BCUT2D eigenvalue weighted by molar-refractivity contribution is -0.131. The molecule has 116 valence electrons. The van der Waals surface area contributed by atoms with Crippen LogP contribution in [0.3, 0.4) is 0 Å². The zero-order valence-electron chi connectivity index (χ0n) is 13.4. The number of benzene rings is 1. The van der Waals surface area contributed by atoms with E-state index in [1.807, 2.05) is 26.0 Å². The highest BCUT2D eigenvalue weighted by molar-refractivity contribution is 6.01. The lowest BCUT2D eigenvalue weighted by atomic mass is 10.0. The fraction of sp³-hybridized carbons (Fsp3) is 0.500. The van der Waals surface area contributed by atoms with Crippen LogP contribution in [0.4, 0.5) is 5.69 Å². The summed E-state index contributed by atoms with van der Waals surface area (Å²) in [5, 5.41) is 5.84. The summed E-state index contributed by atoms with van der Waals surface area (Å²) >= 11 is 0. The van der Waals surface area contributed by atoms with Gasteiger partial charge >= 0.3 is 0 Å². The SMILES string of the molecule is CNc1ccccc1C(=O)NC(CC(C)C)C(=O)N(C)C. The van der Waals surface area contributed by atoms with Crippen molar-refractivity contribution in [2.75, 3.05) is 26.5 Å². The number of para-hydroxylation sites is 1. The molecule has 1 unspecified atom stereocenters. The minimum Gasteiger partial charge on any atom is -0.387 e. The first-order valence-electron chi connectivity index (χ1n) is 7.15. The molecule has 5 heteroatoms. The molecule has 0 aliphatic heterocycles. The predicted octanol–water partition coefficient (Wildman–Crippen LogP) is 1.96. The molecule has 0 aliphatic carbocycles. The Morgan fingerprint density at radius 1 is 1.19 bits per heavy atom. The van der Waals surface area contributed by atoms with Gasteiger partial charge < -0.3 is 15.5 Å². The predicted molar refractivity (Wildman–Crippen MR) is 85.4 cm³/mol. The normalized spacial score (nSPS) is 11.9. The van der Waals surface area contributed by atoms with Gasteiger partial charge in [0.2, 0.25) is 5.91 Å². The first kappa shape index (κ1) is 17.0. The van der Waals surface area contributed by atoms with E-state index in [1.165, 1.54) is 4.90 Å². The standard InChI is InChI=1S/C16H25N3O2/c1-11(2)10-14(16(21)19(4)5)18-15(20)12-8-6-7-9-13(12)17-3/h6-9,11,14,17H,10H2,1-5H3,(H,18,20). The van der Waals surface area contributed by atoms with Gasteiger partial charge in [-0.05, 0) is 24.5 Å². The number of hydrogen-bond donors (Lipinski definition) is 2. The van der Waals surface area contributed by atoms with Gasteiger partial charge in [0.25, 0.3) is 5.91 Å². The Hall–Kier alpha value is -2.04. The number of nitrogens with zero attached hydrogens (tertiary/aromatic N) is 1. The van der Waals surface area contributed by atoms with Crippen molar-refractivity contribution in [3.05, 3.63) is 29.8 Å². The van der Waals surface area contributed by atoms with E-state index in [4.69, 9.17) is 0 Å². The molecule has 1 aromatic rings. The summed E-state index contributed by atoms with van der Waals surface area (Å²) in [5.41, 5.74) is 1.29. The molecule has 0 aromatic heterocycles. The van der Waals surface area contributed by atoms with Crippen molar-refractivity contribution in [1.82, 2.24) is 10.2 Å². The smallest absolute Gasteiger partial charge is 0.254 e. The Labute approximate surface area is 126 Å². The lowest BCUT2D eigenvalue weighted by Gasteiger charge is -2.23. The number of carbonyl (C=O) groups is 2. The second-order valence-electron chi connectivity index (χ2n) is 5.68. The molecule has 2 N–H and O–H groups in total. The van der Waals surface area contributed by atoms with Crippen LogP contribution in [0.1, 0.15) is 30.6 Å². The zero-order valence-corrected chi connectivity index (χ0v) is 13.4. The van der Waals surface area contributed by atoms with Crippen molar-refractivity contribution in [3.63, 3.8) is 0 Å². The van der Waals surface area contributed by atoms with Crippen LogP contribution in [-0.2, 0) is 4.79 Å². The van der Waals surface area contributed by atoms with Crippen LogP contribution in [0.2, 0.25) is 0 Å². The summed E-state index contributed by atoms with van der Waals surface area (Å²) < 4.78 is 0. The van der Waals surface area contributed by atoms with Crippen LogP contribution >= 0.6 is 0 Å². The van der Waals surface area contributed by atoms with E-state index in [2.05, 4.69) is 10.6 Å². The van der Waals surface area contributed by atoms with Gasteiger partial charge in [-0.2, -0.15) is 0 Å². The largest absolute Gasteiger partial charge is 0.387 e. The maximum Gasteiger partial charge on any atom is 0.254 e. The fourth-order valence-electron chi connectivity index (χ4n) is 2.14. The Morgan fingerprint density at radius 3 is 2.33 bits per heavy atom. The molecule has 5 nitrogen and oxygen atoms in total. The minimum absolute atomic E-state index is 0.0843. The maximum absolute atomic E-state index is 12.4. The summed E-state index contributed by atoms with van der Waals surface area (Å²) in [4.78, 5) is 26.1. The molecule has 1 atom stereocenters. The van der Waals surface area contributed by atoms with Crippen LogP contribution in [-0.4, -0.2) is 43.9 Å². The maximum atomic E-state index is 12.4. The van der Waals surface area contributed by atoms with E-state index in [0.717, 1.165) is 5.69 Å². The molecule has 1 rings (SSSR count). The van der Waals surface area contributed by atoms with Crippen LogP contribution in [0, 0.1) is 5.92 Å². The number of anilines is 1. The van der Waals surface area contributed by atoms with Crippen molar-refractivity contribution >= 4 is 17.5 Å². The number of likely N-dealkylation sites (N-methyl/N-ethyl adjacent to an activating group) is 1. The highest BCUT2D eigenvalue weighted by Crippen LogP contribution is 2.15. The fourth-order valence-corrected chi connectivity index (χ4v) is 2.14. The number of rotatable bonds is 6. The molecule has 1 aromatic carbocycles. The van der Waals surface area contributed by atoms with Gasteiger partial charge in [0, 0.05) is 26.8 Å². The summed E-state index contributed by atoms with van der Waals surface area (Å²) in [6, 6.07) is 6.74. The molecular weight excluding hydrogens is 266 g/mol. The van der Waals surface area contributed by atoms with Crippen molar-refractivity contribution in [2.24, 2.45) is 5.92 Å². The van der Waals surface area contributed by atoms with Crippen molar-refractivity contribution in [2.45, 2.75) is 26.3 Å². The van der Waals surface area contributed by atoms with Gasteiger partial charge in [0.1, 0.15) is 6.04 Å². The van der Waals surface area contributed by atoms with E-state index in [0.29, 0.717) is 17.9 Å². The van der Waals surface area contributed by atoms with Gasteiger partial charge in [-0.25, -0.2) is 0 Å². The molecule has 0 bridgehead atoms. The Balaban J connectivity index is 2.92. The average Bonchev–Trinajstić information content (AvgIpc) is 2.44. The third kappa shape index (κ3) is 4.77. The Bertz CT molecular complexity index is 498. The van der Waals surface area contributed by atoms with E-state index >= 15 is 0 Å². The van der Waals surface area contributed by atoms with E-state index in [-0.39, 0.29) is 11.8 Å². The van der Waals surface area contributed by atoms with Crippen LogP contribution in [0.15, 0.2) is 24.3 Å². The molecule has 21 heavy (non-hydrogen) atoms. The summed E-state index contributed by atoms with van der Waals surface area (Å²) in [7, 11) is 5.16. The van der Waals surface area contributed by atoms with E-state index in [1.54, 1.807) is 33.3 Å². The second kappa shape index (κ2) is 7.67. The third-order valence-electron chi connectivity index (χ3n) is 3.19. The molecule has 0 aliphatic rings. The average molecular weight is 291 g/mol. The van der Waals surface area contributed by atoms with Gasteiger partial charge in [-0.1, -0.05) is 26.0 Å². The van der Waals surface area contributed by atoms with Gasteiger partial charge in [0.05, 0.1) is 5.56 Å². The highest BCUT2D eigenvalue weighted by Gasteiger charge is 2.24. The quantitative estimate of drug-likeness (QED) is 0.842.